The number of aryl methyl sites for hydroxylation is 1. The van der Waals surface area contributed by atoms with Crippen molar-refractivity contribution in [1.82, 2.24) is 0 Å². The third-order valence-corrected chi connectivity index (χ3v) is 3.71. The topological polar surface area (TPSA) is 71.0 Å². The summed E-state index contributed by atoms with van der Waals surface area (Å²) in [4.78, 5) is 0. The Hall–Kier alpha value is -3.09. The number of phenols is 1. The summed E-state index contributed by atoms with van der Waals surface area (Å²) in [6, 6.07) is 11.5. The maximum atomic E-state index is 13.0. The van der Waals surface area contributed by atoms with Crippen LogP contribution in [0.1, 0.15) is 11.1 Å². The van der Waals surface area contributed by atoms with Crippen molar-refractivity contribution >= 4 is 27.8 Å². The molecule has 0 aliphatic heterocycles. The molecule has 0 aromatic heterocycles. The quantitative estimate of drug-likeness (QED) is 0.450. The second kappa shape index (κ2) is 6.08. The van der Waals surface area contributed by atoms with Crippen LogP contribution in [-0.4, -0.2) is 5.11 Å². The number of nitrogen functional groups attached to an aromatic ring is 1. The Labute approximate surface area is 141 Å². The number of alkyl halides is 3. The molecule has 25 heavy (non-hydrogen) atoms. The summed E-state index contributed by atoms with van der Waals surface area (Å²) in [6.45, 7) is 1.82. The third-order valence-electron chi connectivity index (χ3n) is 3.71. The first-order chi connectivity index (χ1) is 11.8. The lowest BCUT2D eigenvalue weighted by Gasteiger charge is -2.10. The van der Waals surface area contributed by atoms with Crippen LogP contribution in [0.2, 0.25) is 0 Å². The molecular weight excluding hydrogens is 331 g/mol. The van der Waals surface area contributed by atoms with E-state index in [1.165, 1.54) is 24.3 Å². The number of phenolic OH excluding ortho intramolecular Hbond substituents is 1. The fourth-order valence-corrected chi connectivity index (χ4v) is 2.60. The van der Waals surface area contributed by atoms with Gasteiger partial charge in [-0.05, 0) is 42.1 Å². The molecule has 3 rings (SSSR count). The summed E-state index contributed by atoms with van der Waals surface area (Å²) >= 11 is 0. The van der Waals surface area contributed by atoms with Crippen LogP contribution in [0.15, 0.2) is 58.8 Å². The van der Waals surface area contributed by atoms with E-state index in [-0.39, 0.29) is 22.8 Å². The normalized spacial score (nSPS) is 12.2. The van der Waals surface area contributed by atoms with Crippen molar-refractivity contribution in [3.63, 3.8) is 0 Å². The van der Waals surface area contributed by atoms with Gasteiger partial charge in [0.05, 0.1) is 22.3 Å². The van der Waals surface area contributed by atoms with E-state index in [0.29, 0.717) is 10.8 Å². The number of hydrogen-bond donors (Lipinski definition) is 2. The fraction of sp³-hybridized carbons (Fsp3) is 0.111. The molecular formula is C18H14F3N3O. The zero-order valence-electron chi connectivity index (χ0n) is 13.2. The zero-order valence-corrected chi connectivity index (χ0v) is 13.2. The number of nitrogens with two attached hydrogens (primary N) is 1. The highest BCUT2D eigenvalue weighted by atomic mass is 19.4. The average molecular weight is 345 g/mol. The van der Waals surface area contributed by atoms with Crippen molar-refractivity contribution < 1.29 is 18.3 Å². The molecule has 0 radical (unpaired) electrons. The Bertz CT molecular complexity index is 981. The van der Waals surface area contributed by atoms with Gasteiger partial charge < -0.3 is 10.8 Å². The first kappa shape index (κ1) is 16.8. The van der Waals surface area contributed by atoms with Crippen LogP contribution < -0.4 is 5.73 Å². The van der Waals surface area contributed by atoms with Gasteiger partial charge in [0.1, 0.15) is 11.4 Å². The molecule has 0 unspecified atom stereocenters. The van der Waals surface area contributed by atoms with E-state index >= 15 is 0 Å². The van der Waals surface area contributed by atoms with Gasteiger partial charge in [0.15, 0.2) is 0 Å². The molecule has 0 heterocycles. The molecule has 0 fully saturated rings. The predicted molar refractivity (Wildman–Crippen MR) is 90.4 cm³/mol. The highest BCUT2D eigenvalue weighted by molar-refractivity contribution is 6.02. The SMILES string of the molecule is Cc1cc(O)c2c(N=Nc3ccccc3C(F)(F)F)c(N)ccc2c1. The molecule has 3 N–H and O–H groups in total. The smallest absolute Gasteiger partial charge is 0.418 e. The van der Waals surface area contributed by atoms with Crippen LogP contribution in [0, 0.1) is 6.92 Å². The molecule has 0 aliphatic carbocycles. The van der Waals surface area contributed by atoms with E-state index in [9.17, 15) is 18.3 Å². The minimum absolute atomic E-state index is 0.0552. The molecule has 0 spiro atoms. The largest absolute Gasteiger partial charge is 0.507 e. The molecule has 0 bridgehead atoms. The van der Waals surface area contributed by atoms with Crippen LogP contribution in [-0.2, 0) is 6.18 Å². The van der Waals surface area contributed by atoms with Gasteiger partial charge in [0.25, 0.3) is 0 Å². The molecule has 3 aromatic rings. The summed E-state index contributed by atoms with van der Waals surface area (Å²) in [5.41, 5.74) is 5.86. The summed E-state index contributed by atoms with van der Waals surface area (Å²) in [6.07, 6.45) is -4.54. The van der Waals surface area contributed by atoms with Gasteiger partial charge in [0, 0.05) is 0 Å². The van der Waals surface area contributed by atoms with E-state index in [4.69, 9.17) is 5.73 Å². The third kappa shape index (κ3) is 3.26. The number of aromatic hydroxyl groups is 1. The maximum Gasteiger partial charge on any atom is 0.418 e. The Balaban J connectivity index is 2.17. The van der Waals surface area contributed by atoms with Gasteiger partial charge in [-0.25, -0.2) is 0 Å². The minimum Gasteiger partial charge on any atom is -0.507 e. The zero-order chi connectivity index (χ0) is 18.2. The predicted octanol–water partition coefficient (Wildman–Crippen LogP) is 5.87. The summed E-state index contributed by atoms with van der Waals surface area (Å²) < 4.78 is 39.1. The molecule has 0 aliphatic rings. The summed E-state index contributed by atoms with van der Waals surface area (Å²) in [7, 11) is 0. The van der Waals surface area contributed by atoms with Gasteiger partial charge >= 0.3 is 6.18 Å². The second-order valence-electron chi connectivity index (χ2n) is 5.60. The minimum atomic E-state index is -4.54. The lowest BCUT2D eigenvalue weighted by atomic mass is 10.0. The summed E-state index contributed by atoms with van der Waals surface area (Å²) in [5.74, 6) is -0.0552. The maximum absolute atomic E-state index is 13.0. The molecule has 4 nitrogen and oxygen atoms in total. The molecule has 3 aromatic carbocycles. The standard InChI is InChI=1S/C18H14F3N3O/c1-10-8-11-6-7-13(22)17(16(11)15(25)9-10)24-23-14-5-3-2-4-12(14)18(19,20)21/h2-9,25H,22H2,1H3. The van der Waals surface area contributed by atoms with E-state index in [1.54, 1.807) is 12.1 Å². The van der Waals surface area contributed by atoms with Crippen molar-refractivity contribution in [2.75, 3.05) is 5.73 Å². The van der Waals surface area contributed by atoms with Crippen LogP contribution in [0.25, 0.3) is 10.8 Å². The van der Waals surface area contributed by atoms with E-state index in [2.05, 4.69) is 10.2 Å². The first-order valence-corrected chi connectivity index (χ1v) is 7.37. The van der Waals surface area contributed by atoms with Gasteiger partial charge in [-0.3, -0.25) is 0 Å². The van der Waals surface area contributed by atoms with Crippen LogP contribution in [0.5, 0.6) is 5.75 Å². The average Bonchev–Trinajstić information content (AvgIpc) is 2.53. The molecule has 0 amide bonds. The number of benzene rings is 3. The Morgan fingerprint density at radius 3 is 2.44 bits per heavy atom. The number of nitrogens with zero attached hydrogens (tertiary/aromatic N) is 2. The summed E-state index contributed by atoms with van der Waals surface area (Å²) in [5, 5.41) is 18.9. The van der Waals surface area contributed by atoms with Crippen LogP contribution in [0.3, 0.4) is 0 Å². The van der Waals surface area contributed by atoms with E-state index < -0.39 is 11.7 Å². The molecule has 0 atom stereocenters. The molecule has 7 heteroatoms. The van der Waals surface area contributed by atoms with Gasteiger partial charge in [-0.2, -0.15) is 13.2 Å². The molecule has 0 saturated carbocycles. The monoisotopic (exact) mass is 345 g/mol. The number of azo groups is 1. The van der Waals surface area contributed by atoms with Gasteiger partial charge in [-0.1, -0.05) is 24.3 Å². The van der Waals surface area contributed by atoms with Gasteiger partial charge in [-0.15, -0.1) is 10.2 Å². The van der Waals surface area contributed by atoms with Crippen LogP contribution in [0.4, 0.5) is 30.2 Å². The highest BCUT2D eigenvalue weighted by Crippen LogP contribution is 2.41. The number of halogens is 3. The lowest BCUT2D eigenvalue weighted by Crippen LogP contribution is -2.04. The number of hydrogen-bond acceptors (Lipinski definition) is 4. The Morgan fingerprint density at radius 1 is 1.00 bits per heavy atom. The first-order valence-electron chi connectivity index (χ1n) is 7.37. The van der Waals surface area contributed by atoms with Crippen LogP contribution >= 0.6 is 0 Å². The van der Waals surface area contributed by atoms with Crippen molar-refractivity contribution in [1.29, 1.82) is 0 Å². The highest BCUT2D eigenvalue weighted by Gasteiger charge is 2.33. The second-order valence-corrected chi connectivity index (χ2v) is 5.60. The van der Waals surface area contributed by atoms with E-state index in [0.717, 1.165) is 11.6 Å². The molecule has 128 valence electrons. The fourth-order valence-electron chi connectivity index (χ4n) is 2.60. The van der Waals surface area contributed by atoms with Crippen molar-refractivity contribution in [2.45, 2.75) is 13.1 Å². The Morgan fingerprint density at radius 2 is 1.72 bits per heavy atom. The van der Waals surface area contributed by atoms with Crippen molar-refractivity contribution in [2.24, 2.45) is 10.2 Å². The number of rotatable bonds is 2. The lowest BCUT2D eigenvalue weighted by molar-refractivity contribution is -0.137. The van der Waals surface area contributed by atoms with E-state index in [1.807, 2.05) is 13.0 Å². The number of fused-ring (bicyclic) bond motifs is 1. The number of anilines is 1. The Kier molecular flexibility index (Phi) is 4.08. The molecule has 0 saturated heterocycles. The van der Waals surface area contributed by atoms with Crippen molar-refractivity contribution in [3.8, 4) is 5.75 Å². The van der Waals surface area contributed by atoms with Gasteiger partial charge in [0.2, 0.25) is 0 Å². The van der Waals surface area contributed by atoms with Crippen molar-refractivity contribution in [3.05, 3.63) is 59.7 Å².